The van der Waals surface area contributed by atoms with Crippen molar-refractivity contribution < 1.29 is 4.39 Å². The predicted molar refractivity (Wildman–Crippen MR) is 112 cm³/mol. The smallest absolute Gasteiger partial charge is 0.137 e. The molecule has 0 fully saturated rings. The maximum atomic E-state index is 15.5. The Bertz CT molecular complexity index is 1120. The van der Waals surface area contributed by atoms with E-state index in [1.54, 1.807) is 0 Å². The lowest BCUT2D eigenvalue weighted by Gasteiger charge is -2.18. The molecule has 5 rings (SSSR count). The minimum absolute atomic E-state index is 0.184. The summed E-state index contributed by atoms with van der Waals surface area (Å²) in [6, 6.07) is 18.3. The second-order valence-electron chi connectivity index (χ2n) is 7.26. The summed E-state index contributed by atoms with van der Waals surface area (Å²) in [7, 11) is 0. The molecule has 1 aliphatic rings. The van der Waals surface area contributed by atoms with Crippen LogP contribution in [0.15, 0.2) is 54.6 Å². The van der Waals surface area contributed by atoms with Gasteiger partial charge in [0, 0.05) is 33.2 Å². The van der Waals surface area contributed by atoms with E-state index in [-0.39, 0.29) is 11.7 Å². The molecular formula is C23H20FN3S. The summed E-state index contributed by atoms with van der Waals surface area (Å²) < 4.78 is 16.8. The summed E-state index contributed by atoms with van der Waals surface area (Å²) in [6.45, 7) is 3.28. The van der Waals surface area contributed by atoms with Gasteiger partial charge in [0.1, 0.15) is 5.82 Å². The fourth-order valence-electron chi connectivity index (χ4n) is 3.97. The lowest BCUT2D eigenvalue weighted by molar-refractivity contribution is 0.596. The minimum Gasteiger partial charge on any atom is -0.313 e. The molecule has 3 nitrogen and oxygen atoms in total. The number of hydrogen-bond donors (Lipinski definition) is 1. The second kappa shape index (κ2) is 7.08. The van der Waals surface area contributed by atoms with Crippen molar-refractivity contribution in [1.29, 1.82) is 0 Å². The van der Waals surface area contributed by atoms with Crippen molar-refractivity contribution in [3.63, 3.8) is 0 Å². The Morgan fingerprint density at radius 1 is 1.07 bits per heavy atom. The summed E-state index contributed by atoms with van der Waals surface area (Å²) in [4.78, 5) is 1.30. The van der Waals surface area contributed by atoms with Crippen molar-refractivity contribution in [2.24, 2.45) is 0 Å². The summed E-state index contributed by atoms with van der Waals surface area (Å²) in [5.41, 5.74) is 3.75. The Labute approximate surface area is 167 Å². The zero-order valence-electron chi connectivity index (χ0n) is 15.6. The molecule has 28 heavy (non-hydrogen) atoms. The average molecular weight is 389 g/mol. The number of benzene rings is 2. The number of rotatable bonds is 2. The zero-order chi connectivity index (χ0) is 19.1. The highest BCUT2D eigenvalue weighted by molar-refractivity contribution is 7.19. The molecule has 1 N–H and O–H groups in total. The summed E-state index contributed by atoms with van der Waals surface area (Å²) in [6.07, 6.45) is 0.961. The van der Waals surface area contributed by atoms with Crippen molar-refractivity contribution in [3.05, 3.63) is 82.1 Å². The first-order valence-electron chi connectivity index (χ1n) is 9.52. The van der Waals surface area contributed by atoms with Crippen LogP contribution in [0.25, 0.3) is 21.3 Å². The lowest BCUT2D eigenvalue weighted by Crippen LogP contribution is -2.13. The molecule has 0 radical (unpaired) electrons. The maximum absolute atomic E-state index is 15.5. The number of fused-ring (bicyclic) bond motifs is 2. The molecule has 0 spiro atoms. The molecule has 0 saturated heterocycles. The van der Waals surface area contributed by atoms with Crippen LogP contribution in [0.2, 0.25) is 0 Å². The van der Waals surface area contributed by atoms with Gasteiger partial charge < -0.3 is 5.32 Å². The molecule has 1 unspecified atom stereocenters. The van der Waals surface area contributed by atoms with Crippen LogP contribution in [-0.4, -0.2) is 16.7 Å². The quantitative estimate of drug-likeness (QED) is 0.497. The second-order valence-corrected chi connectivity index (χ2v) is 8.37. The van der Waals surface area contributed by atoms with Gasteiger partial charge in [0.2, 0.25) is 0 Å². The van der Waals surface area contributed by atoms with Crippen LogP contribution in [0, 0.1) is 12.7 Å². The number of nitrogens with one attached hydrogen (secondary N) is 1. The molecule has 1 aliphatic heterocycles. The predicted octanol–water partition coefficient (Wildman–Crippen LogP) is 5.43. The average Bonchev–Trinajstić information content (AvgIpc) is 3.02. The molecule has 1 atom stereocenters. The van der Waals surface area contributed by atoms with Crippen molar-refractivity contribution in [2.75, 3.05) is 6.54 Å². The molecule has 4 aromatic rings. The van der Waals surface area contributed by atoms with Crippen LogP contribution in [0.3, 0.4) is 0 Å². The van der Waals surface area contributed by atoms with Crippen molar-refractivity contribution in [3.8, 4) is 11.3 Å². The van der Waals surface area contributed by atoms with Gasteiger partial charge in [-0.15, -0.1) is 11.3 Å². The van der Waals surface area contributed by atoms with E-state index in [2.05, 4.69) is 51.9 Å². The molecular weight excluding hydrogens is 369 g/mol. The van der Waals surface area contributed by atoms with E-state index >= 15 is 4.39 Å². The number of hydrogen-bond acceptors (Lipinski definition) is 4. The highest BCUT2D eigenvalue weighted by Gasteiger charge is 2.26. The van der Waals surface area contributed by atoms with Crippen LogP contribution >= 0.6 is 11.3 Å². The number of nitrogens with zero attached hydrogens (tertiary/aromatic N) is 2. The van der Waals surface area contributed by atoms with E-state index < -0.39 is 0 Å². The van der Waals surface area contributed by atoms with Crippen molar-refractivity contribution in [2.45, 2.75) is 25.8 Å². The third-order valence-electron chi connectivity index (χ3n) is 5.43. The van der Waals surface area contributed by atoms with Crippen LogP contribution in [-0.2, 0) is 6.54 Å². The molecule has 0 bridgehead atoms. The first-order valence-corrected chi connectivity index (χ1v) is 10.3. The molecule has 0 amide bonds. The minimum atomic E-state index is -0.184. The molecule has 140 valence electrons. The highest BCUT2D eigenvalue weighted by atomic mass is 32.1. The van der Waals surface area contributed by atoms with E-state index in [4.69, 9.17) is 0 Å². The van der Waals surface area contributed by atoms with Gasteiger partial charge >= 0.3 is 0 Å². The van der Waals surface area contributed by atoms with Gasteiger partial charge in [-0.2, -0.15) is 10.2 Å². The van der Waals surface area contributed by atoms with Crippen LogP contribution in [0.4, 0.5) is 4.39 Å². The van der Waals surface area contributed by atoms with Gasteiger partial charge in [0.15, 0.2) is 0 Å². The normalized spacial score (nSPS) is 16.7. The van der Waals surface area contributed by atoms with Crippen molar-refractivity contribution in [1.82, 2.24) is 15.5 Å². The maximum Gasteiger partial charge on any atom is 0.137 e. The van der Waals surface area contributed by atoms with Gasteiger partial charge in [-0.3, -0.25) is 0 Å². The summed E-state index contributed by atoms with van der Waals surface area (Å²) in [5.74, 6) is 0.0196. The van der Waals surface area contributed by atoms with Gasteiger partial charge in [-0.1, -0.05) is 24.3 Å². The molecule has 0 aliphatic carbocycles. The fourth-order valence-corrected chi connectivity index (χ4v) is 5.19. The molecule has 2 aromatic carbocycles. The van der Waals surface area contributed by atoms with E-state index in [1.165, 1.54) is 15.0 Å². The lowest BCUT2D eigenvalue weighted by atomic mass is 9.89. The molecule has 0 saturated carbocycles. The number of aryl methyl sites for hydroxylation is 1. The topological polar surface area (TPSA) is 37.8 Å². The van der Waals surface area contributed by atoms with E-state index in [0.29, 0.717) is 17.8 Å². The Morgan fingerprint density at radius 3 is 2.79 bits per heavy atom. The molecule has 3 heterocycles. The van der Waals surface area contributed by atoms with Crippen LogP contribution in [0.1, 0.15) is 34.0 Å². The summed E-state index contributed by atoms with van der Waals surface area (Å²) >= 11 is 1.81. The van der Waals surface area contributed by atoms with E-state index in [9.17, 15) is 0 Å². The van der Waals surface area contributed by atoms with Crippen molar-refractivity contribution >= 4 is 21.4 Å². The Kier molecular flexibility index (Phi) is 4.41. The SMILES string of the molecule is Cc1ccc(-c2ccc3c(c2F)CNCCC3c2cc3ccccc3s2)nn1. The Hall–Kier alpha value is -2.63. The first kappa shape index (κ1) is 17.5. The van der Waals surface area contributed by atoms with Gasteiger partial charge in [-0.05, 0) is 61.2 Å². The van der Waals surface area contributed by atoms with Gasteiger partial charge in [-0.25, -0.2) is 4.39 Å². The third kappa shape index (κ3) is 3.01. The van der Waals surface area contributed by atoms with Gasteiger partial charge in [0.25, 0.3) is 0 Å². The third-order valence-corrected chi connectivity index (χ3v) is 6.66. The van der Waals surface area contributed by atoms with Crippen LogP contribution < -0.4 is 5.32 Å². The fraction of sp³-hybridized carbons (Fsp3) is 0.217. The number of aromatic nitrogens is 2. The largest absolute Gasteiger partial charge is 0.313 e. The van der Waals surface area contributed by atoms with E-state index in [0.717, 1.165) is 29.8 Å². The molecule has 2 aromatic heterocycles. The highest BCUT2D eigenvalue weighted by Crippen LogP contribution is 2.40. The zero-order valence-corrected chi connectivity index (χ0v) is 16.4. The Morgan fingerprint density at radius 2 is 1.96 bits per heavy atom. The first-order chi connectivity index (χ1) is 13.7. The Balaban J connectivity index is 1.62. The summed E-state index contributed by atoms with van der Waals surface area (Å²) in [5, 5.41) is 12.9. The van der Waals surface area contributed by atoms with Crippen LogP contribution in [0.5, 0.6) is 0 Å². The standard InChI is InChI=1S/C23H20FN3S/c1-14-6-9-20(27-26-14)18-8-7-16-17(10-11-25-13-19(16)23(18)24)22-12-15-4-2-3-5-21(15)28-22/h2-9,12,17,25H,10-11,13H2,1H3. The number of halogens is 1. The monoisotopic (exact) mass is 389 g/mol. The van der Waals surface area contributed by atoms with E-state index in [1.807, 2.05) is 36.5 Å². The molecule has 5 heteroatoms. The number of thiophene rings is 1. The van der Waals surface area contributed by atoms with Gasteiger partial charge in [0.05, 0.1) is 11.4 Å².